The number of fused-ring (bicyclic) bond motifs is 1. The van der Waals surface area contributed by atoms with Gasteiger partial charge in [-0.1, -0.05) is 6.07 Å². The molecule has 1 saturated heterocycles. The Morgan fingerprint density at radius 2 is 1.72 bits per heavy atom. The molecule has 1 fully saturated rings. The molecule has 2 aromatic rings. The van der Waals surface area contributed by atoms with Gasteiger partial charge in [-0.25, -0.2) is 18.0 Å². The number of nitrogens with zero attached hydrogens (tertiary/aromatic N) is 2. The second-order valence-electron chi connectivity index (χ2n) is 11.2. The Hall–Kier alpha value is -2.94. The van der Waals surface area contributed by atoms with Crippen LogP contribution in [0.5, 0.6) is 11.5 Å². The van der Waals surface area contributed by atoms with Crippen LogP contribution in [0.15, 0.2) is 30.3 Å². The number of rotatable bonds is 5. The second-order valence-corrected chi connectivity index (χ2v) is 11.2. The van der Waals surface area contributed by atoms with E-state index in [4.69, 9.17) is 9.47 Å². The van der Waals surface area contributed by atoms with Crippen LogP contribution in [-0.4, -0.2) is 64.6 Å². The first kappa shape index (κ1) is 26.1. The SMILES string of the molecule is CC(C)(F)CN1CCc2cc(O)ccc2C1c1c(F)cc(OC2CN(C(=O)OC(C)(C)C)C2)cc1F. The van der Waals surface area contributed by atoms with Crippen molar-refractivity contribution in [2.45, 2.75) is 64.5 Å². The Morgan fingerprint density at radius 3 is 2.31 bits per heavy atom. The first-order chi connectivity index (χ1) is 16.7. The van der Waals surface area contributed by atoms with E-state index < -0.39 is 41.1 Å². The number of halogens is 3. The highest BCUT2D eigenvalue weighted by Gasteiger charge is 2.38. The van der Waals surface area contributed by atoms with Gasteiger partial charge in [-0.05, 0) is 64.3 Å². The van der Waals surface area contributed by atoms with E-state index in [0.29, 0.717) is 18.5 Å². The molecule has 2 heterocycles. The normalized spacial score (nSPS) is 19.0. The molecule has 2 aliphatic rings. The van der Waals surface area contributed by atoms with Crippen molar-refractivity contribution in [2.24, 2.45) is 0 Å². The summed E-state index contributed by atoms with van der Waals surface area (Å²) in [6, 6.07) is 6.08. The first-order valence-corrected chi connectivity index (χ1v) is 12.1. The van der Waals surface area contributed by atoms with Gasteiger partial charge in [-0.2, -0.15) is 0 Å². The van der Waals surface area contributed by atoms with Crippen LogP contribution in [0.2, 0.25) is 0 Å². The number of alkyl halides is 1. The number of amides is 1. The van der Waals surface area contributed by atoms with Gasteiger partial charge in [0.05, 0.1) is 19.1 Å². The predicted octanol–water partition coefficient (Wildman–Crippen LogP) is 5.36. The van der Waals surface area contributed by atoms with E-state index in [-0.39, 0.29) is 36.7 Å². The number of phenols is 1. The van der Waals surface area contributed by atoms with Crippen molar-refractivity contribution in [3.05, 3.63) is 58.7 Å². The highest BCUT2D eigenvalue weighted by atomic mass is 19.1. The van der Waals surface area contributed by atoms with Crippen LogP contribution in [0.4, 0.5) is 18.0 Å². The van der Waals surface area contributed by atoms with Crippen molar-refractivity contribution < 1.29 is 32.5 Å². The summed E-state index contributed by atoms with van der Waals surface area (Å²) in [7, 11) is 0. The highest BCUT2D eigenvalue weighted by Crippen LogP contribution is 2.40. The number of phenolic OH excluding ortho intramolecular Hbond substituents is 1. The number of hydrogen-bond acceptors (Lipinski definition) is 5. The van der Waals surface area contributed by atoms with E-state index in [9.17, 15) is 14.3 Å². The van der Waals surface area contributed by atoms with E-state index in [1.807, 2.05) is 0 Å². The third-order valence-electron chi connectivity index (χ3n) is 6.16. The van der Waals surface area contributed by atoms with E-state index >= 15 is 8.78 Å². The Labute approximate surface area is 209 Å². The molecule has 4 rings (SSSR count). The number of carbonyl (C=O) groups is 1. The Bertz CT molecular complexity index is 1110. The summed E-state index contributed by atoms with van der Waals surface area (Å²) in [6.07, 6.45) is -0.353. The summed E-state index contributed by atoms with van der Waals surface area (Å²) in [6.45, 7) is 9.04. The predicted molar refractivity (Wildman–Crippen MR) is 129 cm³/mol. The van der Waals surface area contributed by atoms with Gasteiger partial charge in [0.1, 0.15) is 40.5 Å². The molecule has 6 nitrogen and oxygen atoms in total. The lowest BCUT2D eigenvalue weighted by molar-refractivity contribution is -0.0223. The van der Waals surface area contributed by atoms with Crippen molar-refractivity contribution in [2.75, 3.05) is 26.2 Å². The summed E-state index contributed by atoms with van der Waals surface area (Å²) in [5.74, 6) is -1.53. The molecule has 36 heavy (non-hydrogen) atoms. The fraction of sp³-hybridized carbons (Fsp3) is 0.519. The van der Waals surface area contributed by atoms with Crippen LogP contribution in [0.3, 0.4) is 0 Å². The maximum absolute atomic E-state index is 15.5. The van der Waals surface area contributed by atoms with Gasteiger partial charge < -0.3 is 19.5 Å². The van der Waals surface area contributed by atoms with Crippen LogP contribution in [0, 0.1) is 11.6 Å². The number of likely N-dealkylation sites (tertiary alicyclic amines) is 1. The molecule has 1 amide bonds. The Morgan fingerprint density at radius 1 is 1.08 bits per heavy atom. The summed E-state index contributed by atoms with van der Waals surface area (Å²) in [5, 5.41) is 9.89. The van der Waals surface area contributed by atoms with E-state index in [1.54, 1.807) is 37.8 Å². The average molecular weight is 507 g/mol. The highest BCUT2D eigenvalue weighted by molar-refractivity contribution is 5.69. The number of hydrogen-bond donors (Lipinski definition) is 1. The number of benzene rings is 2. The van der Waals surface area contributed by atoms with Gasteiger partial charge >= 0.3 is 6.09 Å². The Balaban J connectivity index is 1.56. The second kappa shape index (κ2) is 9.50. The molecule has 2 aliphatic heterocycles. The molecule has 0 saturated carbocycles. The number of ether oxygens (including phenoxy) is 2. The summed E-state index contributed by atoms with van der Waals surface area (Å²) >= 11 is 0. The quantitative estimate of drug-likeness (QED) is 0.591. The zero-order valence-electron chi connectivity index (χ0n) is 21.3. The largest absolute Gasteiger partial charge is 0.508 e. The summed E-state index contributed by atoms with van der Waals surface area (Å²) in [4.78, 5) is 15.3. The minimum atomic E-state index is -1.58. The van der Waals surface area contributed by atoms with Crippen LogP contribution in [0.25, 0.3) is 0 Å². The van der Waals surface area contributed by atoms with Gasteiger partial charge in [0.15, 0.2) is 0 Å². The van der Waals surface area contributed by atoms with Gasteiger partial charge in [0.2, 0.25) is 0 Å². The molecule has 0 aliphatic carbocycles. The van der Waals surface area contributed by atoms with Crippen molar-refractivity contribution >= 4 is 6.09 Å². The topological polar surface area (TPSA) is 62.2 Å². The molecule has 0 spiro atoms. The van der Waals surface area contributed by atoms with Crippen molar-refractivity contribution in [1.82, 2.24) is 9.80 Å². The summed E-state index contributed by atoms with van der Waals surface area (Å²) in [5.41, 5.74) is -0.993. The van der Waals surface area contributed by atoms with Crippen LogP contribution in [-0.2, 0) is 11.2 Å². The lowest BCUT2D eigenvalue weighted by atomic mass is 9.86. The maximum atomic E-state index is 15.5. The standard InChI is InChI=1S/C27H33F3N2O4/c1-26(2,3)36-25(34)32-13-19(14-32)35-18-11-21(28)23(22(29)12-18)24-20-7-6-17(33)10-16(20)8-9-31(24)15-27(4,5)30/h6-7,10-12,19,24,33H,8-9,13-15H2,1-5H3. The lowest BCUT2D eigenvalue weighted by Gasteiger charge is -2.40. The fourth-order valence-corrected chi connectivity index (χ4v) is 4.73. The van der Waals surface area contributed by atoms with Gasteiger partial charge in [-0.15, -0.1) is 0 Å². The fourth-order valence-electron chi connectivity index (χ4n) is 4.73. The molecule has 0 bridgehead atoms. The average Bonchev–Trinajstić information content (AvgIpc) is 2.68. The van der Waals surface area contributed by atoms with Crippen LogP contribution in [0.1, 0.15) is 57.4 Å². The minimum absolute atomic E-state index is 0.0155. The molecular weight excluding hydrogens is 473 g/mol. The zero-order chi connectivity index (χ0) is 26.4. The Kier molecular flexibility index (Phi) is 6.90. The van der Waals surface area contributed by atoms with Crippen molar-refractivity contribution in [1.29, 1.82) is 0 Å². The van der Waals surface area contributed by atoms with Gasteiger partial charge in [0.25, 0.3) is 0 Å². The van der Waals surface area contributed by atoms with Crippen LogP contribution < -0.4 is 4.74 Å². The number of aromatic hydroxyl groups is 1. The minimum Gasteiger partial charge on any atom is -0.508 e. The van der Waals surface area contributed by atoms with Crippen molar-refractivity contribution in [3.8, 4) is 11.5 Å². The van der Waals surface area contributed by atoms with Gasteiger partial charge in [0, 0.05) is 30.8 Å². The molecule has 1 unspecified atom stereocenters. The maximum Gasteiger partial charge on any atom is 0.410 e. The molecule has 2 aromatic carbocycles. The smallest absolute Gasteiger partial charge is 0.410 e. The molecule has 0 aromatic heterocycles. The van der Waals surface area contributed by atoms with E-state index in [2.05, 4.69) is 0 Å². The molecule has 1 atom stereocenters. The molecule has 196 valence electrons. The van der Waals surface area contributed by atoms with E-state index in [0.717, 1.165) is 17.7 Å². The monoisotopic (exact) mass is 506 g/mol. The van der Waals surface area contributed by atoms with Crippen molar-refractivity contribution in [3.63, 3.8) is 0 Å². The third-order valence-corrected chi connectivity index (χ3v) is 6.16. The zero-order valence-corrected chi connectivity index (χ0v) is 21.3. The molecule has 9 heteroatoms. The van der Waals surface area contributed by atoms with Crippen LogP contribution >= 0.6 is 0 Å². The molecular formula is C27H33F3N2O4. The molecule has 1 N–H and O–H groups in total. The summed E-state index contributed by atoms with van der Waals surface area (Å²) < 4.78 is 56.6. The number of carbonyl (C=O) groups excluding carboxylic acids is 1. The van der Waals surface area contributed by atoms with Gasteiger partial charge in [-0.3, -0.25) is 4.90 Å². The molecule has 0 radical (unpaired) electrons. The van der Waals surface area contributed by atoms with E-state index in [1.165, 1.54) is 24.8 Å². The lowest BCUT2D eigenvalue weighted by Crippen LogP contribution is -2.57. The first-order valence-electron chi connectivity index (χ1n) is 12.1. The third kappa shape index (κ3) is 5.88.